The zero-order valence-corrected chi connectivity index (χ0v) is 13.4. The molecule has 0 spiro atoms. The van der Waals surface area contributed by atoms with E-state index in [1.165, 1.54) is 4.90 Å². The summed E-state index contributed by atoms with van der Waals surface area (Å²) < 4.78 is 0.979. The molecule has 1 aliphatic heterocycles. The van der Waals surface area contributed by atoms with E-state index in [0.29, 0.717) is 0 Å². The van der Waals surface area contributed by atoms with Gasteiger partial charge < -0.3 is 0 Å². The van der Waals surface area contributed by atoms with Gasteiger partial charge in [-0.05, 0) is 49.9 Å². The maximum Gasteiger partial charge on any atom is 0.237 e. The molecule has 1 aliphatic carbocycles. The van der Waals surface area contributed by atoms with Crippen LogP contribution in [0.3, 0.4) is 0 Å². The van der Waals surface area contributed by atoms with Gasteiger partial charge in [-0.1, -0.05) is 28.8 Å². The molecule has 4 heteroatoms. The molecule has 0 bridgehead atoms. The Bertz CT molecular complexity index is 549. The molecule has 106 valence electrons. The van der Waals surface area contributed by atoms with Crippen LogP contribution in [0.5, 0.6) is 0 Å². The first-order chi connectivity index (χ1) is 9.50. The molecule has 0 unspecified atom stereocenters. The number of benzene rings is 1. The van der Waals surface area contributed by atoms with Crippen molar-refractivity contribution in [2.75, 3.05) is 4.90 Å². The summed E-state index contributed by atoms with van der Waals surface area (Å²) in [4.78, 5) is 26.7. The molecule has 3 rings (SSSR count). The van der Waals surface area contributed by atoms with Crippen LogP contribution in [0.2, 0.25) is 0 Å². The molecular formula is C16H18BrNO2. The molecule has 1 aromatic carbocycles. The highest BCUT2D eigenvalue weighted by atomic mass is 79.9. The predicted octanol–water partition coefficient (Wildman–Crippen LogP) is 3.75. The Balaban J connectivity index is 2.06. The fraction of sp³-hybridized carbons (Fsp3) is 0.500. The fourth-order valence-electron chi connectivity index (χ4n) is 3.64. The van der Waals surface area contributed by atoms with E-state index in [9.17, 15) is 9.59 Å². The summed E-state index contributed by atoms with van der Waals surface area (Å²) in [6, 6.07) is 3.93. The molecule has 1 saturated carbocycles. The van der Waals surface area contributed by atoms with Gasteiger partial charge in [-0.3, -0.25) is 9.59 Å². The van der Waals surface area contributed by atoms with Crippen LogP contribution in [0.4, 0.5) is 5.69 Å². The number of rotatable bonds is 1. The van der Waals surface area contributed by atoms with Gasteiger partial charge >= 0.3 is 0 Å². The Hall–Kier alpha value is -1.16. The minimum atomic E-state index is -0.0845. The van der Waals surface area contributed by atoms with E-state index in [4.69, 9.17) is 0 Å². The number of carbonyl (C=O) groups excluding carboxylic acids is 2. The van der Waals surface area contributed by atoms with Crippen molar-refractivity contribution in [1.29, 1.82) is 0 Å². The largest absolute Gasteiger partial charge is 0.274 e. The molecular weight excluding hydrogens is 318 g/mol. The minimum Gasteiger partial charge on any atom is -0.274 e. The first-order valence-corrected chi connectivity index (χ1v) is 7.94. The van der Waals surface area contributed by atoms with E-state index < -0.39 is 0 Å². The van der Waals surface area contributed by atoms with Crippen LogP contribution in [0.1, 0.15) is 36.8 Å². The predicted molar refractivity (Wildman–Crippen MR) is 81.6 cm³/mol. The van der Waals surface area contributed by atoms with E-state index in [0.717, 1.165) is 47.0 Å². The van der Waals surface area contributed by atoms with E-state index >= 15 is 0 Å². The van der Waals surface area contributed by atoms with Crippen molar-refractivity contribution in [1.82, 2.24) is 0 Å². The van der Waals surface area contributed by atoms with Crippen molar-refractivity contribution in [3.63, 3.8) is 0 Å². The highest BCUT2D eigenvalue weighted by Gasteiger charge is 2.49. The summed E-state index contributed by atoms with van der Waals surface area (Å²) in [5.41, 5.74) is 2.73. The number of carbonyl (C=O) groups is 2. The second-order valence-electron chi connectivity index (χ2n) is 5.90. The summed E-state index contributed by atoms with van der Waals surface area (Å²) in [5, 5.41) is 0. The van der Waals surface area contributed by atoms with Gasteiger partial charge in [-0.25, -0.2) is 4.90 Å². The second-order valence-corrected chi connectivity index (χ2v) is 6.81. The molecule has 1 saturated heterocycles. The smallest absolute Gasteiger partial charge is 0.237 e. The molecule has 0 aromatic heterocycles. The average Bonchev–Trinajstić information content (AvgIpc) is 2.64. The Kier molecular flexibility index (Phi) is 3.44. The van der Waals surface area contributed by atoms with Gasteiger partial charge in [-0.15, -0.1) is 0 Å². The van der Waals surface area contributed by atoms with Crippen LogP contribution < -0.4 is 4.90 Å². The van der Waals surface area contributed by atoms with Gasteiger partial charge in [-0.2, -0.15) is 0 Å². The standard InChI is InChI=1S/C16H18BrNO2/c1-9-7-11(17)8-10(2)14(9)18-15(19)12-5-3-4-6-13(12)16(18)20/h7-8,12-13H,3-6H2,1-2H3/t12-,13-/m1/s1. The zero-order valence-electron chi connectivity index (χ0n) is 11.8. The summed E-state index contributed by atoms with van der Waals surface area (Å²) in [5.74, 6) is -0.154. The number of fused-ring (bicyclic) bond motifs is 1. The number of hydrogen-bond donors (Lipinski definition) is 0. The Morgan fingerprint density at radius 2 is 1.45 bits per heavy atom. The first-order valence-electron chi connectivity index (χ1n) is 7.15. The second kappa shape index (κ2) is 4.99. The minimum absolute atomic E-state index is 0.00761. The van der Waals surface area contributed by atoms with Gasteiger partial charge in [0.1, 0.15) is 0 Å². The Morgan fingerprint density at radius 1 is 1.00 bits per heavy atom. The summed E-state index contributed by atoms with van der Waals surface area (Å²) in [6.07, 6.45) is 3.85. The number of amides is 2. The van der Waals surface area contributed by atoms with E-state index in [1.54, 1.807) is 0 Å². The summed E-state index contributed by atoms with van der Waals surface area (Å²) in [6.45, 7) is 3.91. The van der Waals surface area contributed by atoms with Crippen molar-refractivity contribution < 1.29 is 9.59 Å². The molecule has 1 aromatic rings. The molecule has 2 aliphatic rings. The molecule has 2 fully saturated rings. The quantitative estimate of drug-likeness (QED) is 0.733. The Labute approximate surface area is 127 Å². The monoisotopic (exact) mass is 335 g/mol. The lowest BCUT2D eigenvalue weighted by Gasteiger charge is -2.20. The van der Waals surface area contributed by atoms with Crippen LogP contribution in [0.25, 0.3) is 0 Å². The maximum atomic E-state index is 12.6. The fourth-order valence-corrected chi connectivity index (χ4v) is 4.33. The topological polar surface area (TPSA) is 37.4 Å². The van der Waals surface area contributed by atoms with Crippen LogP contribution >= 0.6 is 15.9 Å². The lowest BCUT2D eigenvalue weighted by atomic mass is 9.81. The summed E-state index contributed by atoms with van der Waals surface area (Å²) in [7, 11) is 0. The van der Waals surface area contributed by atoms with Crippen molar-refractivity contribution in [2.45, 2.75) is 39.5 Å². The third-order valence-corrected chi connectivity index (χ3v) is 4.98. The van der Waals surface area contributed by atoms with Gasteiger partial charge in [0.25, 0.3) is 0 Å². The average molecular weight is 336 g/mol. The molecule has 3 nitrogen and oxygen atoms in total. The third kappa shape index (κ3) is 2.01. The maximum absolute atomic E-state index is 12.6. The van der Waals surface area contributed by atoms with Gasteiger partial charge in [0.15, 0.2) is 0 Å². The van der Waals surface area contributed by atoms with Gasteiger partial charge in [0.2, 0.25) is 11.8 Å². The number of anilines is 1. The first kappa shape index (κ1) is 13.8. The molecule has 20 heavy (non-hydrogen) atoms. The third-order valence-electron chi connectivity index (χ3n) is 4.52. The lowest BCUT2D eigenvalue weighted by Crippen LogP contribution is -2.32. The van der Waals surface area contributed by atoms with Gasteiger partial charge in [0.05, 0.1) is 17.5 Å². The SMILES string of the molecule is Cc1cc(Br)cc(C)c1N1C(=O)[C@@H]2CCCC[C@H]2C1=O. The van der Waals surface area contributed by atoms with E-state index in [1.807, 2.05) is 26.0 Å². The lowest BCUT2D eigenvalue weighted by molar-refractivity contribution is -0.122. The highest BCUT2D eigenvalue weighted by molar-refractivity contribution is 9.10. The molecule has 0 N–H and O–H groups in total. The van der Waals surface area contributed by atoms with Crippen molar-refractivity contribution in [3.8, 4) is 0 Å². The van der Waals surface area contributed by atoms with Crippen molar-refractivity contribution >= 4 is 33.4 Å². The van der Waals surface area contributed by atoms with Crippen molar-refractivity contribution in [3.05, 3.63) is 27.7 Å². The van der Waals surface area contributed by atoms with E-state index in [-0.39, 0.29) is 23.7 Å². The summed E-state index contributed by atoms with van der Waals surface area (Å²) >= 11 is 3.46. The van der Waals surface area contributed by atoms with Crippen LogP contribution in [0, 0.1) is 25.7 Å². The van der Waals surface area contributed by atoms with E-state index in [2.05, 4.69) is 15.9 Å². The van der Waals surface area contributed by atoms with Crippen LogP contribution in [-0.4, -0.2) is 11.8 Å². The normalized spacial score (nSPS) is 26.1. The number of imide groups is 1. The highest BCUT2D eigenvalue weighted by Crippen LogP contribution is 2.42. The molecule has 2 amide bonds. The van der Waals surface area contributed by atoms with Crippen LogP contribution in [0.15, 0.2) is 16.6 Å². The zero-order chi connectivity index (χ0) is 14.4. The number of nitrogens with zero attached hydrogens (tertiary/aromatic N) is 1. The molecule has 0 radical (unpaired) electrons. The number of aryl methyl sites for hydroxylation is 2. The molecule has 2 atom stereocenters. The van der Waals surface area contributed by atoms with Crippen molar-refractivity contribution in [2.24, 2.45) is 11.8 Å². The Morgan fingerprint density at radius 3 is 1.90 bits per heavy atom. The van der Waals surface area contributed by atoms with Crippen LogP contribution in [-0.2, 0) is 9.59 Å². The number of hydrogen-bond acceptors (Lipinski definition) is 2. The van der Waals surface area contributed by atoms with Gasteiger partial charge in [0, 0.05) is 4.47 Å². The number of halogens is 1. The molecule has 1 heterocycles.